The Kier molecular flexibility index (Phi) is 8.03. The molecule has 1 unspecified atom stereocenters. The zero-order valence-electron chi connectivity index (χ0n) is 11.8. The fourth-order valence-corrected chi connectivity index (χ4v) is 3.78. The second-order valence-electron chi connectivity index (χ2n) is 4.23. The number of amides is 2. The zero-order valence-corrected chi connectivity index (χ0v) is 13.4. The topological polar surface area (TPSA) is 110 Å². The van der Waals surface area contributed by atoms with Crippen molar-refractivity contribution < 1.29 is 9.59 Å². The van der Waals surface area contributed by atoms with Crippen LogP contribution in [0.3, 0.4) is 0 Å². The summed E-state index contributed by atoms with van der Waals surface area (Å²) in [4.78, 5) is 23.9. The average Bonchev–Trinajstić information content (AvgIpc) is 2.49. The van der Waals surface area contributed by atoms with E-state index in [2.05, 4.69) is 17.7 Å². The monoisotopic (exact) mass is 328 g/mol. The number of hydrazine groups is 1. The summed E-state index contributed by atoms with van der Waals surface area (Å²) in [6, 6.07) is 6.01. The molecule has 6 nitrogen and oxygen atoms in total. The molecule has 0 heterocycles. The van der Waals surface area contributed by atoms with Gasteiger partial charge in [0.1, 0.15) is 6.04 Å². The Balaban J connectivity index is 2.65. The summed E-state index contributed by atoms with van der Waals surface area (Å²) in [5, 5.41) is 2.66. The van der Waals surface area contributed by atoms with Crippen LogP contribution in [-0.2, 0) is 4.79 Å². The standard InChI is InChI=1S/C13H20N4O2S2/c1-2-7-20-21-8-11(13(19)17-15)16-12(18)9-5-3-4-6-10(9)14/h3-6,11H,2,7-8,14-15H2,1H3,(H,16,18)(H,17,19). The highest BCUT2D eigenvalue weighted by Crippen LogP contribution is 2.22. The predicted octanol–water partition coefficient (Wildman–Crippen LogP) is 1.15. The minimum absolute atomic E-state index is 0.346. The molecular formula is C13H20N4O2S2. The normalized spacial score (nSPS) is 11.7. The third kappa shape index (κ3) is 5.86. The van der Waals surface area contributed by atoms with Gasteiger partial charge in [-0.2, -0.15) is 0 Å². The van der Waals surface area contributed by atoms with Gasteiger partial charge in [0.2, 0.25) is 0 Å². The van der Waals surface area contributed by atoms with Gasteiger partial charge in [-0.05, 0) is 18.6 Å². The van der Waals surface area contributed by atoms with Crippen LogP contribution >= 0.6 is 21.6 Å². The maximum atomic E-state index is 12.2. The molecule has 2 amide bonds. The van der Waals surface area contributed by atoms with Crippen molar-refractivity contribution in [2.75, 3.05) is 17.2 Å². The smallest absolute Gasteiger partial charge is 0.257 e. The molecule has 0 aromatic heterocycles. The van der Waals surface area contributed by atoms with Gasteiger partial charge >= 0.3 is 0 Å². The summed E-state index contributed by atoms with van der Waals surface area (Å²) >= 11 is 0. The zero-order chi connectivity index (χ0) is 15.7. The highest BCUT2D eigenvalue weighted by Gasteiger charge is 2.21. The van der Waals surface area contributed by atoms with Gasteiger partial charge in [-0.25, -0.2) is 5.84 Å². The van der Waals surface area contributed by atoms with Crippen molar-refractivity contribution in [3.05, 3.63) is 29.8 Å². The quantitative estimate of drug-likeness (QED) is 0.142. The molecule has 6 N–H and O–H groups in total. The van der Waals surface area contributed by atoms with Crippen LogP contribution in [0.1, 0.15) is 23.7 Å². The second-order valence-corrected chi connectivity index (χ2v) is 6.86. The van der Waals surface area contributed by atoms with Crippen molar-refractivity contribution >= 4 is 39.1 Å². The molecule has 0 aliphatic heterocycles. The molecule has 0 bridgehead atoms. The molecule has 1 aromatic rings. The molecule has 1 rings (SSSR count). The first-order valence-corrected chi connectivity index (χ1v) is 8.99. The number of carbonyl (C=O) groups excluding carboxylic acids is 2. The molecule has 0 aliphatic rings. The van der Waals surface area contributed by atoms with Crippen LogP contribution < -0.4 is 22.3 Å². The van der Waals surface area contributed by atoms with E-state index in [-0.39, 0.29) is 5.91 Å². The van der Waals surface area contributed by atoms with Crippen molar-refractivity contribution in [1.29, 1.82) is 0 Å². The molecule has 0 aliphatic carbocycles. The van der Waals surface area contributed by atoms with E-state index in [1.54, 1.807) is 35.1 Å². The second kappa shape index (κ2) is 9.54. The summed E-state index contributed by atoms with van der Waals surface area (Å²) in [5.74, 6) is 5.77. The Morgan fingerprint density at radius 3 is 2.62 bits per heavy atom. The molecule has 0 spiro atoms. The lowest BCUT2D eigenvalue weighted by molar-refractivity contribution is -0.122. The van der Waals surface area contributed by atoms with Crippen LogP contribution in [0.25, 0.3) is 0 Å². The molecule has 0 fully saturated rings. The molecule has 8 heteroatoms. The number of para-hydroxylation sites is 1. The Morgan fingerprint density at radius 1 is 1.29 bits per heavy atom. The first-order valence-electron chi connectivity index (χ1n) is 6.50. The number of nitrogen functional groups attached to an aromatic ring is 1. The first kappa shape index (κ1) is 17.7. The average molecular weight is 328 g/mol. The van der Waals surface area contributed by atoms with Gasteiger partial charge in [0.05, 0.1) is 5.56 Å². The number of nitrogens with one attached hydrogen (secondary N) is 2. The minimum atomic E-state index is -0.698. The van der Waals surface area contributed by atoms with E-state index in [1.807, 2.05) is 0 Å². The van der Waals surface area contributed by atoms with Crippen molar-refractivity contribution in [3.63, 3.8) is 0 Å². The highest BCUT2D eigenvalue weighted by atomic mass is 33.1. The lowest BCUT2D eigenvalue weighted by Gasteiger charge is -2.17. The first-order chi connectivity index (χ1) is 10.1. The minimum Gasteiger partial charge on any atom is -0.398 e. The van der Waals surface area contributed by atoms with Crippen molar-refractivity contribution in [3.8, 4) is 0 Å². The van der Waals surface area contributed by atoms with E-state index < -0.39 is 11.9 Å². The number of hydrogen-bond acceptors (Lipinski definition) is 6. The van der Waals surface area contributed by atoms with E-state index >= 15 is 0 Å². The Morgan fingerprint density at radius 2 is 2.00 bits per heavy atom. The van der Waals surface area contributed by atoms with Gasteiger partial charge in [-0.15, -0.1) is 0 Å². The summed E-state index contributed by atoms with van der Waals surface area (Å²) < 4.78 is 0. The molecular weight excluding hydrogens is 308 g/mol. The number of hydrogen-bond donors (Lipinski definition) is 4. The van der Waals surface area contributed by atoms with Crippen LogP contribution in [0.2, 0.25) is 0 Å². The van der Waals surface area contributed by atoms with Crippen LogP contribution in [0.5, 0.6) is 0 Å². The fraction of sp³-hybridized carbons (Fsp3) is 0.385. The summed E-state index contributed by atoms with van der Waals surface area (Å²) in [6.45, 7) is 2.08. The molecule has 116 valence electrons. The van der Waals surface area contributed by atoms with E-state index in [0.717, 1.165) is 12.2 Å². The molecule has 0 saturated carbocycles. The lowest BCUT2D eigenvalue weighted by Crippen LogP contribution is -2.50. The third-order valence-electron chi connectivity index (χ3n) is 2.57. The SMILES string of the molecule is CCCSSCC(NC(=O)c1ccccc1N)C(=O)NN. The van der Waals surface area contributed by atoms with E-state index in [0.29, 0.717) is 17.0 Å². The fourth-order valence-electron chi connectivity index (χ4n) is 1.48. The molecule has 0 radical (unpaired) electrons. The number of carbonyl (C=O) groups is 2. The molecule has 1 aromatic carbocycles. The maximum absolute atomic E-state index is 12.2. The van der Waals surface area contributed by atoms with Gasteiger partial charge in [0, 0.05) is 17.2 Å². The van der Waals surface area contributed by atoms with Crippen LogP contribution in [0.15, 0.2) is 24.3 Å². The van der Waals surface area contributed by atoms with Crippen LogP contribution in [0.4, 0.5) is 5.69 Å². The van der Waals surface area contributed by atoms with E-state index in [4.69, 9.17) is 11.6 Å². The van der Waals surface area contributed by atoms with Crippen molar-refractivity contribution in [2.24, 2.45) is 5.84 Å². The summed E-state index contributed by atoms with van der Waals surface area (Å²) in [7, 11) is 3.18. The molecule has 0 saturated heterocycles. The van der Waals surface area contributed by atoms with Crippen LogP contribution in [0, 0.1) is 0 Å². The number of benzene rings is 1. The van der Waals surface area contributed by atoms with Crippen molar-refractivity contribution in [1.82, 2.24) is 10.7 Å². The van der Waals surface area contributed by atoms with Gasteiger partial charge in [-0.1, -0.05) is 40.6 Å². The largest absolute Gasteiger partial charge is 0.398 e. The molecule has 21 heavy (non-hydrogen) atoms. The van der Waals surface area contributed by atoms with Crippen molar-refractivity contribution in [2.45, 2.75) is 19.4 Å². The van der Waals surface area contributed by atoms with Gasteiger partial charge < -0.3 is 11.1 Å². The number of rotatable bonds is 8. The van der Waals surface area contributed by atoms with Gasteiger partial charge in [0.15, 0.2) is 0 Å². The number of anilines is 1. The number of nitrogens with two attached hydrogens (primary N) is 2. The lowest BCUT2D eigenvalue weighted by atomic mass is 10.1. The third-order valence-corrected chi connectivity index (χ3v) is 5.19. The summed E-state index contributed by atoms with van der Waals surface area (Å²) in [6.07, 6.45) is 1.05. The predicted molar refractivity (Wildman–Crippen MR) is 89.6 cm³/mol. The molecule has 1 atom stereocenters. The van der Waals surface area contributed by atoms with Gasteiger partial charge in [-0.3, -0.25) is 15.0 Å². The summed E-state index contributed by atoms with van der Waals surface area (Å²) in [5.41, 5.74) is 8.54. The van der Waals surface area contributed by atoms with E-state index in [1.165, 1.54) is 10.8 Å². The Hall–Kier alpha value is -1.38. The highest BCUT2D eigenvalue weighted by molar-refractivity contribution is 8.76. The van der Waals surface area contributed by atoms with Gasteiger partial charge in [0.25, 0.3) is 11.8 Å². The Bertz CT molecular complexity index is 485. The maximum Gasteiger partial charge on any atom is 0.257 e. The Labute approximate surface area is 132 Å². The van der Waals surface area contributed by atoms with Crippen LogP contribution in [-0.4, -0.2) is 29.4 Å². The van der Waals surface area contributed by atoms with E-state index in [9.17, 15) is 9.59 Å².